The van der Waals surface area contributed by atoms with E-state index in [-0.39, 0.29) is 5.54 Å². The van der Waals surface area contributed by atoms with E-state index in [1.165, 1.54) is 16.8 Å². The summed E-state index contributed by atoms with van der Waals surface area (Å²) in [7, 11) is 2.20. The van der Waals surface area contributed by atoms with E-state index in [9.17, 15) is 0 Å². The Kier molecular flexibility index (Phi) is 3.88. The van der Waals surface area contributed by atoms with Crippen molar-refractivity contribution in [2.75, 3.05) is 31.6 Å². The van der Waals surface area contributed by atoms with Crippen molar-refractivity contribution >= 4 is 5.69 Å². The number of nitrogens with two attached hydrogens (primary N) is 1. The second-order valence-electron chi connectivity index (χ2n) is 6.50. The molecule has 1 atom stereocenters. The van der Waals surface area contributed by atoms with Crippen molar-refractivity contribution < 1.29 is 0 Å². The summed E-state index contributed by atoms with van der Waals surface area (Å²) in [6.45, 7) is 11.7. The first-order valence-corrected chi connectivity index (χ1v) is 7.10. The third kappa shape index (κ3) is 2.77. The van der Waals surface area contributed by atoms with Gasteiger partial charge in [0.05, 0.1) is 6.04 Å². The molecule has 0 amide bonds. The SMILES string of the molecule is Cc1ccc(C)c(N2CC(C)(C)N(C)CC2CN)c1. The van der Waals surface area contributed by atoms with E-state index in [1.54, 1.807) is 0 Å². The van der Waals surface area contributed by atoms with Crippen LogP contribution in [0.4, 0.5) is 5.69 Å². The molecule has 1 aromatic rings. The molecule has 0 aromatic heterocycles. The topological polar surface area (TPSA) is 32.5 Å². The van der Waals surface area contributed by atoms with Crippen LogP contribution in [-0.2, 0) is 0 Å². The molecule has 0 radical (unpaired) electrons. The number of likely N-dealkylation sites (N-methyl/N-ethyl adjacent to an activating group) is 1. The molecule has 1 aliphatic rings. The highest BCUT2D eigenvalue weighted by Gasteiger charge is 2.36. The fourth-order valence-corrected chi connectivity index (χ4v) is 2.84. The molecule has 1 unspecified atom stereocenters. The lowest BCUT2D eigenvalue weighted by Gasteiger charge is -2.51. The molecule has 19 heavy (non-hydrogen) atoms. The fourth-order valence-electron chi connectivity index (χ4n) is 2.84. The van der Waals surface area contributed by atoms with E-state index < -0.39 is 0 Å². The number of rotatable bonds is 2. The van der Waals surface area contributed by atoms with Gasteiger partial charge in [-0.3, -0.25) is 4.90 Å². The summed E-state index contributed by atoms with van der Waals surface area (Å²) in [5, 5.41) is 0. The second-order valence-corrected chi connectivity index (χ2v) is 6.50. The molecule has 2 N–H and O–H groups in total. The molecule has 1 aliphatic heterocycles. The maximum Gasteiger partial charge on any atom is 0.0540 e. The minimum absolute atomic E-state index is 0.182. The van der Waals surface area contributed by atoms with Crippen molar-refractivity contribution in [3.8, 4) is 0 Å². The smallest absolute Gasteiger partial charge is 0.0540 e. The summed E-state index contributed by atoms with van der Waals surface area (Å²) in [6.07, 6.45) is 0. The summed E-state index contributed by atoms with van der Waals surface area (Å²) < 4.78 is 0. The minimum atomic E-state index is 0.182. The first-order valence-electron chi connectivity index (χ1n) is 7.10. The van der Waals surface area contributed by atoms with Crippen LogP contribution >= 0.6 is 0 Å². The molecule has 1 fully saturated rings. The van der Waals surface area contributed by atoms with Crippen LogP contribution < -0.4 is 10.6 Å². The van der Waals surface area contributed by atoms with Crippen molar-refractivity contribution in [3.63, 3.8) is 0 Å². The Labute approximate surface area is 117 Å². The van der Waals surface area contributed by atoms with Gasteiger partial charge in [0.1, 0.15) is 0 Å². The lowest BCUT2D eigenvalue weighted by atomic mass is 9.94. The lowest BCUT2D eigenvalue weighted by molar-refractivity contribution is 0.116. The van der Waals surface area contributed by atoms with Crippen LogP contribution in [0.3, 0.4) is 0 Å². The normalized spacial score (nSPS) is 23.7. The number of benzene rings is 1. The van der Waals surface area contributed by atoms with Gasteiger partial charge in [-0.15, -0.1) is 0 Å². The van der Waals surface area contributed by atoms with Crippen LogP contribution in [0.25, 0.3) is 0 Å². The number of anilines is 1. The van der Waals surface area contributed by atoms with Gasteiger partial charge in [0, 0.05) is 30.9 Å². The summed E-state index contributed by atoms with van der Waals surface area (Å²) >= 11 is 0. The molecular formula is C16H27N3. The Bertz CT molecular complexity index is 453. The van der Waals surface area contributed by atoms with Crippen LogP contribution in [-0.4, -0.2) is 43.2 Å². The number of nitrogens with zero attached hydrogens (tertiary/aromatic N) is 2. The molecular weight excluding hydrogens is 234 g/mol. The fraction of sp³-hybridized carbons (Fsp3) is 0.625. The van der Waals surface area contributed by atoms with Crippen LogP contribution in [0, 0.1) is 13.8 Å². The Hall–Kier alpha value is -1.06. The minimum Gasteiger partial charge on any atom is -0.364 e. The van der Waals surface area contributed by atoms with Gasteiger partial charge in [0.15, 0.2) is 0 Å². The van der Waals surface area contributed by atoms with E-state index >= 15 is 0 Å². The van der Waals surface area contributed by atoms with Crippen molar-refractivity contribution in [2.45, 2.75) is 39.3 Å². The Morgan fingerprint density at radius 1 is 1.32 bits per heavy atom. The van der Waals surface area contributed by atoms with Gasteiger partial charge < -0.3 is 10.6 Å². The highest BCUT2D eigenvalue weighted by molar-refractivity contribution is 5.56. The molecule has 2 rings (SSSR count). The highest BCUT2D eigenvalue weighted by Crippen LogP contribution is 2.30. The number of hydrogen-bond donors (Lipinski definition) is 1. The number of hydrogen-bond acceptors (Lipinski definition) is 3. The summed E-state index contributed by atoms with van der Waals surface area (Å²) in [4.78, 5) is 4.93. The monoisotopic (exact) mass is 261 g/mol. The van der Waals surface area contributed by atoms with Gasteiger partial charge in [0.2, 0.25) is 0 Å². The van der Waals surface area contributed by atoms with Gasteiger partial charge in [-0.05, 0) is 51.9 Å². The standard InChI is InChI=1S/C16H27N3/c1-12-6-7-13(2)15(8-12)19-11-16(3,4)18(5)10-14(19)9-17/h6-8,14H,9-11,17H2,1-5H3. The Balaban J connectivity index is 2.37. The largest absolute Gasteiger partial charge is 0.364 e. The summed E-state index contributed by atoms with van der Waals surface area (Å²) in [6, 6.07) is 7.08. The van der Waals surface area contributed by atoms with Gasteiger partial charge in [0.25, 0.3) is 0 Å². The molecule has 3 nitrogen and oxygen atoms in total. The van der Waals surface area contributed by atoms with Crippen LogP contribution in [0.15, 0.2) is 18.2 Å². The molecule has 1 saturated heterocycles. The quantitative estimate of drug-likeness (QED) is 0.885. The van der Waals surface area contributed by atoms with E-state index in [0.29, 0.717) is 12.6 Å². The molecule has 0 bridgehead atoms. The maximum absolute atomic E-state index is 6.00. The summed E-state index contributed by atoms with van der Waals surface area (Å²) in [5.41, 5.74) is 10.2. The van der Waals surface area contributed by atoms with Crippen molar-refractivity contribution in [1.82, 2.24) is 4.90 Å². The van der Waals surface area contributed by atoms with Crippen LogP contribution in [0.2, 0.25) is 0 Å². The predicted octanol–water partition coefficient (Wildman–Crippen LogP) is 2.16. The zero-order valence-electron chi connectivity index (χ0n) is 12.9. The first-order chi connectivity index (χ1) is 8.85. The van der Waals surface area contributed by atoms with Crippen molar-refractivity contribution in [2.24, 2.45) is 5.73 Å². The number of aryl methyl sites for hydroxylation is 2. The molecule has 0 saturated carbocycles. The Morgan fingerprint density at radius 3 is 2.63 bits per heavy atom. The van der Waals surface area contributed by atoms with E-state index in [0.717, 1.165) is 13.1 Å². The second kappa shape index (κ2) is 5.14. The zero-order chi connectivity index (χ0) is 14.2. The summed E-state index contributed by atoms with van der Waals surface area (Å²) in [5.74, 6) is 0. The third-order valence-electron chi connectivity index (χ3n) is 4.46. The molecule has 0 aliphatic carbocycles. The van der Waals surface area contributed by atoms with Crippen LogP contribution in [0.1, 0.15) is 25.0 Å². The molecule has 0 spiro atoms. The van der Waals surface area contributed by atoms with Crippen molar-refractivity contribution in [3.05, 3.63) is 29.3 Å². The van der Waals surface area contributed by atoms with Crippen LogP contribution in [0.5, 0.6) is 0 Å². The van der Waals surface area contributed by atoms with E-state index in [4.69, 9.17) is 5.73 Å². The molecule has 3 heteroatoms. The molecule has 1 aromatic carbocycles. The molecule has 1 heterocycles. The van der Waals surface area contributed by atoms with Gasteiger partial charge in [-0.1, -0.05) is 12.1 Å². The molecule has 106 valence electrons. The Morgan fingerprint density at radius 2 is 2.00 bits per heavy atom. The van der Waals surface area contributed by atoms with E-state index in [1.807, 2.05) is 0 Å². The zero-order valence-corrected chi connectivity index (χ0v) is 12.9. The number of piperazine rings is 1. The lowest BCUT2D eigenvalue weighted by Crippen LogP contribution is -2.64. The van der Waals surface area contributed by atoms with E-state index in [2.05, 4.69) is 62.7 Å². The average molecular weight is 261 g/mol. The predicted molar refractivity (Wildman–Crippen MR) is 82.8 cm³/mol. The van der Waals surface area contributed by atoms with Gasteiger partial charge in [-0.2, -0.15) is 0 Å². The maximum atomic E-state index is 6.00. The third-order valence-corrected chi connectivity index (χ3v) is 4.46. The van der Waals surface area contributed by atoms with Gasteiger partial charge >= 0.3 is 0 Å². The average Bonchev–Trinajstić information content (AvgIpc) is 2.35. The first kappa shape index (κ1) is 14.4. The van der Waals surface area contributed by atoms with Crippen molar-refractivity contribution in [1.29, 1.82) is 0 Å². The van der Waals surface area contributed by atoms with Gasteiger partial charge in [-0.25, -0.2) is 0 Å². The highest BCUT2D eigenvalue weighted by atomic mass is 15.3.